The van der Waals surface area contributed by atoms with Crippen LogP contribution in [-0.2, 0) is 11.2 Å². The molecule has 68 valence electrons. The molecule has 1 atom stereocenters. The van der Waals surface area contributed by atoms with Crippen molar-refractivity contribution in [3.05, 3.63) is 5.89 Å². The first kappa shape index (κ1) is 8.95. The third kappa shape index (κ3) is 2.18. The van der Waals surface area contributed by atoms with E-state index in [0.717, 1.165) is 0 Å². The molecule has 0 aromatic carbocycles. The Bertz CT molecular complexity index is 233. The molecule has 4 N–H and O–H groups in total. The Balaban J connectivity index is 2.50. The summed E-state index contributed by atoms with van der Waals surface area (Å²) in [5.74, 6) is 0.585. The monoisotopic (exact) mass is 172 g/mol. The van der Waals surface area contributed by atoms with Crippen molar-refractivity contribution >= 4 is 5.95 Å². The predicted molar refractivity (Wildman–Crippen MR) is 42.3 cm³/mol. The molecule has 1 unspecified atom stereocenters. The standard InChI is InChI=1S/C6H12N4O2/c1-11-4(3-7)2-5-9-6(8)10-12-5/h4H,2-3,7H2,1H3,(H2,8,10). The molecule has 1 rings (SSSR count). The van der Waals surface area contributed by atoms with Gasteiger partial charge in [0, 0.05) is 13.7 Å². The number of rotatable bonds is 4. The van der Waals surface area contributed by atoms with Crippen molar-refractivity contribution < 1.29 is 9.26 Å². The molecule has 12 heavy (non-hydrogen) atoms. The first-order valence-electron chi connectivity index (χ1n) is 3.57. The summed E-state index contributed by atoms with van der Waals surface area (Å²) in [5.41, 5.74) is 10.6. The Labute approximate surface area is 69.9 Å². The summed E-state index contributed by atoms with van der Waals surface area (Å²) < 4.78 is 9.80. The van der Waals surface area contributed by atoms with Gasteiger partial charge in [-0.2, -0.15) is 4.98 Å². The van der Waals surface area contributed by atoms with Crippen molar-refractivity contribution in [3.8, 4) is 0 Å². The molecule has 0 aliphatic carbocycles. The summed E-state index contributed by atoms with van der Waals surface area (Å²) in [5, 5.41) is 3.43. The number of nitrogens with two attached hydrogens (primary N) is 2. The van der Waals surface area contributed by atoms with Crippen LogP contribution in [0.15, 0.2) is 4.52 Å². The Morgan fingerprint density at radius 3 is 2.83 bits per heavy atom. The van der Waals surface area contributed by atoms with E-state index in [0.29, 0.717) is 18.9 Å². The molecule has 0 amide bonds. The van der Waals surface area contributed by atoms with Crippen molar-refractivity contribution in [3.63, 3.8) is 0 Å². The zero-order valence-corrected chi connectivity index (χ0v) is 6.86. The van der Waals surface area contributed by atoms with Crippen LogP contribution in [0.2, 0.25) is 0 Å². The number of aromatic nitrogens is 2. The maximum Gasteiger partial charge on any atom is 0.260 e. The van der Waals surface area contributed by atoms with Crippen LogP contribution < -0.4 is 11.5 Å². The molecular formula is C6H12N4O2. The third-order valence-electron chi connectivity index (χ3n) is 1.48. The van der Waals surface area contributed by atoms with Gasteiger partial charge in [0.2, 0.25) is 5.89 Å². The highest BCUT2D eigenvalue weighted by Crippen LogP contribution is 2.03. The quantitative estimate of drug-likeness (QED) is 0.614. The van der Waals surface area contributed by atoms with Crippen molar-refractivity contribution in [2.75, 3.05) is 19.4 Å². The zero-order chi connectivity index (χ0) is 8.97. The summed E-state index contributed by atoms with van der Waals surface area (Å²) in [4.78, 5) is 3.81. The summed E-state index contributed by atoms with van der Waals surface area (Å²) in [6, 6.07) is 0. The molecule has 6 nitrogen and oxygen atoms in total. The molecule has 1 heterocycles. The number of anilines is 1. The molecule has 1 aromatic heterocycles. The van der Waals surface area contributed by atoms with Gasteiger partial charge in [-0.1, -0.05) is 0 Å². The van der Waals surface area contributed by atoms with Crippen LogP contribution >= 0.6 is 0 Å². The van der Waals surface area contributed by atoms with Crippen molar-refractivity contribution in [1.29, 1.82) is 0 Å². The van der Waals surface area contributed by atoms with E-state index in [9.17, 15) is 0 Å². The van der Waals surface area contributed by atoms with E-state index >= 15 is 0 Å². The van der Waals surface area contributed by atoms with Crippen LogP contribution in [0.4, 0.5) is 5.95 Å². The Morgan fingerprint density at radius 1 is 1.67 bits per heavy atom. The van der Waals surface area contributed by atoms with Gasteiger partial charge in [0.05, 0.1) is 12.5 Å². The van der Waals surface area contributed by atoms with Crippen molar-refractivity contribution in [1.82, 2.24) is 10.1 Å². The maximum atomic E-state index is 5.39. The van der Waals surface area contributed by atoms with E-state index in [-0.39, 0.29) is 12.1 Å². The Hall–Kier alpha value is -1.14. The van der Waals surface area contributed by atoms with Gasteiger partial charge in [0.1, 0.15) is 0 Å². The molecule has 1 aromatic rings. The summed E-state index contributed by atoms with van der Waals surface area (Å²) >= 11 is 0. The fourth-order valence-corrected chi connectivity index (χ4v) is 0.809. The highest BCUT2D eigenvalue weighted by molar-refractivity contribution is 5.10. The minimum atomic E-state index is -0.0927. The second kappa shape index (κ2) is 4.03. The molecule has 0 spiro atoms. The van der Waals surface area contributed by atoms with E-state index in [1.807, 2.05) is 0 Å². The maximum absolute atomic E-state index is 5.39. The number of ether oxygens (including phenoxy) is 1. The number of methoxy groups -OCH3 is 1. The van der Waals surface area contributed by atoms with Gasteiger partial charge >= 0.3 is 0 Å². The van der Waals surface area contributed by atoms with Gasteiger partial charge in [-0.25, -0.2) is 0 Å². The first-order chi connectivity index (χ1) is 5.76. The topological polar surface area (TPSA) is 100 Å². The number of nitrogen functional groups attached to an aromatic ring is 1. The van der Waals surface area contributed by atoms with Crippen LogP contribution in [0, 0.1) is 0 Å². The molecule has 6 heteroatoms. The number of nitrogens with zero attached hydrogens (tertiary/aromatic N) is 2. The van der Waals surface area contributed by atoms with Crippen LogP contribution in [0.5, 0.6) is 0 Å². The van der Waals surface area contributed by atoms with Crippen LogP contribution in [0.25, 0.3) is 0 Å². The molecule has 0 aliphatic heterocycles. The van der Waals surface area contributed by atoms with E-state index < -0.39 is 0 Å². The fraction of sp³-hybridized carbons (Fsp3) is 0.667. The average Bonchev–Trinajstić information content (AvgIpc) is 2.47. The number of hydrogen-bond donors (Lipinski definition) is 2. The lowest BCUT2D eigenvalue weighted by molar-refractivity contribution is 0.102. The van der Waals surface area contributed by atoms with E-state index in [1.165, 1.54) is 0 Å². The Morgan fingerprint density at radius 2 is 2.42 bits per heavy atom. The highest BCUT2D eigenvalue weighted by Gasteiger charge is 2.11. The first-order valence-corrected chi connectivity index (χ1v) is 3.57. The molecule has 0 aliphatic rings. The lowest BCUT2D eigenvalue weighted by Gasteiger charge is -2.08. The smallest absolute Gasteiger partial charge is 0.260 e. The van der Waals surface area contributed by atoms with Gasteiger partial charge in [0.25, 0.3) is 5.95 Å². The van der Waals surface area contributed by atoms with Crippen LogP contribution in [-0.4, -0.2) is 29.9 Å². The second-order valence-electron chi connectivity index (χ2n) is 2.34. The molecule has 0 saturated carbocycles. The lowest BCUT2D eigenvalue weighted by atomic mass is 10.2. The largest absolute Gasteiger partial charge is 0.380 e. The van der Waals surface area contributed by atoms with Crippen molar-refractivity contribution in [2.45, 2.75) is 12.5 Å². The van der Waals surface area contributed by atoms with Gasteiger partial charge < -0.3 is 20.7 Å². The minimum Gasteiger partial charge on any atom is -0.380 e. The second-order valence-corrected chi connectivity index (χ2v) is 2.34. The van der Waals surface area contributed by atoms with Gasteiger partial charge in [-0.05, 0) is 5.16 Å². The minimum absolute atomic E-state index is 0.0927. The zero-order valence-electron chi connectivity index (χ0n) is 6.86. The third-order valence-corrected chi connectivity index (χ3v) is 1.48. The number of hydrogen-bond acceptors (Lipinski definition) is 6. The van der Waals surface area contributed by atoms with E-state index in [2.05, 4.69) is 10.1 Å². The molecule has 0 bridgehead atoms. The highest BCUT2D eigenvalue weighted by atomic mass is 16.5. The fourth-order valence-electron chi connectivity index (χ4n) is 0.809. The van der Waals surface area contributed by atoms with Gasteiger partial charge in [-0.15, -0.1) is 0 Å². The summed E-state index contributed by atoms with van der Waals surface area (Å²) in [7, 11) is 1.58. The molecular weight excluding hydrogens is 160 g/mol. The van der Waals surface area contributed by atoms with Gasteiger partial charge in [-0.3, -0.25) is 0 Å². The van der Waals surface area contributed by atoms with Crippen molar-refractivity contribution in [2.24, 2.45) is 5.73 Å². The van der Waals surface area contributed by atoms with Gasteiger partial charge in [0.15, 0.2) is 0 Å². The normalized spacial score (nSPS) is 13.2. The molecule has 0 radical (unpaired) electrons. The van der Waals surface area contributed by atoms with E-state index in [1.54, 1.807) is 7.11 Å². The summed E-state index contributed by atoms with van der Waals surface area (Å²) in [6.45, 7) is 0.415. The van der Waals surface area contributed by atoms with Crippen LogP contribution in [0.1, 0.15) is 5.89 Å². The summed E-state index contributed by atoms with van der Waals surface area (Å²) in [6.07, 6.45) is 0.404. The average molecular weight is 172 g/mol. The van der Waals surface area contributed by atoms with Crippen LogP contribution in [0.3, 0.4) is 0 Å². The Kier molecular flexibility index (Phi) is 3.01. The predicted octanol–water partition coefficient (Wildman–Crippen LogP) is -0.832. The molecule has 0 fully saturated rings. The lowest BCUT2D eigenvalue weighted by Crippen LogP contribution is -2.24. The van der Waals surface area contributed by atoms with E-state index in [4.69, 9.17) is 20.7 Å². The molecule has 0 saturated heterocycles. The SMILES string of the molecule is COC(CN)Cc1nc(N)no1.